The second-order valence-electron chi connectivity index (χ2n) is 3.14. The minimum Gasteiger partial charge on any atom is -0.384 e. The lowest BCUT2D eigenvalue weighted by Gasteiger charge is -2.05. The van der Waals surface area contributed by atoms with Gasteiger partial charge in [0.25, 0.3) is 5.89 Å². The van der Waals surface area contributed by atoms with Crippen molar-refractivity contribution in [1.29, 1.82) is 0 Å². The molecule has 0 spiro atoms. The third kappa shape index (κ3) is 4.58. The highest BCUT2D eigenvalue weighted by molar-refractivity contribution is 4.88. The highest BCUT2D eigenvalue weighted by Crippen LogP contribution is 2.14. The van der Waals surface area contributed by atoms with Gasteiger partial charge in [-0.15, -0.1) is 0 Å². The quantitative estimate of drug-likeness (QED) is 0.784. The summed E-state index contributed by atoms with van der Waals surface area (Å²) in [6, 6.07) is 0. The SMILES string of the molecule is CC(O)c1nc(CCOCC(F)(F)F)no1. The molecule has 1 heterocycles. The highest BCUT2D eigenvalue weighted by atomic mass is 19.4. The van der Waals surface area contributed by atoms with Crippen LogP contribution in [0.5, 0.6) is 0 Å². The van der Waals surface area contributed by atoms with Gasteiger partial charge in [0.15, 0.2) is 5.82 Å². The number of alkyl halides is 3. The molecule has 1 rings (SSSR count). The van der Waals surface area contributed by atoms with Gasteiger partial charge in [0.2, 0.25) is 0 Å². The molecule has 1 N–H and O–H groups in total. The summed E-state index contributed by atoms with van der Waals surface area (Å²) in [5.41, 5.74) is 0. The Kier molecular flexibility index (Phi) is 4.25. The van der Waals surface area contributed by atoms with Crippen LogP contribution in [0.15, 0.2) is 4.52 Å². The van der Waals surface area contributed by atoms with Crippen LogP contribution in [0.2, 0.25) is 0 Å². The van der Waals surface area contributed by atoms with Crippen molar-refractivity contribution in [3.8, 4) is 0 Å². The van der Waals surface area contributed by atoms with Crippen LogP contribution in [0.25, 0.3) is 0 Å². The number of hydrogen-bond acceptors (Lipinski definition) is 5. The summed E-state index contributed by atoms with van der Waals surface area (Å²) in [6.45, 7) is -0.0101. The Morgan fingerprint density at radius 3 is 2.69 bits per heavy atom. The molecule has 5 nitrogen and oxygen atoms in total. The summed E-state index contributed by atoms with van der Waals surface area (Å²) >= 11 is 0. The summed E-state index contributed by atoms with van der Waals surface area (Å²) in [7, 11) is 0. The zero-order chi connectivity index (χ0) is 12.2. The second kappa shape index (κ2) is 5.26. The van der Waals surface area contributed by atoms with E-state index < -0.39 is 18.9 Å². The molecule has 0 amide bonds. The predicted octanol–water partition coefficient (Wildman–Crippen LogP) is 1.24. The first kappa shape index (κ1) is 12.9. The number of halogens is 3. The standard InChI is InChI=1S/C8H11F3N2O3/c1-5(14)7-12-6(13-16-7)2-3-15-4-8(9,10)11/h5,14H,2-4H2,1H3. The van der Waals surface area contributed by atoms with E-state index in [-0.39, 0.29) is 24.7 Å². The number of rotatable bonds is 5. The van der Waals surface area contributed by atoms with Crippen molar-refractivity contribution in [2.75, 3.05) is 13.2 Å². The molecule has 0 saturated carbocycles. The number of aliphatic hydroxyl groups is 1. The van der Waals surface area contributed by atoms with Crippen molar-refractivity contribution in [2.45, 2.75) is 25.6 Å². The molecule has 0 aliphatic rings. The molecule has 8 heteroatoms. The Balaban J connectivity index is 2.27. The molecular formula is C8H11F3N2O3. The number of nitrogens with zero attached hydrogens (tertiary/aromatic N) is 2. The monoisotopic (exact) mass is 240 g/mol. The highest BCUT2D eigenvalue weighted by Gasteiger charge is 2.27. The largest absolute Gasteiger partial charge is 0.411 e. The maximum atomic E-state index is 11.7. The number of aliphatic hydroxyl groups excluding tert-OH is 1. The van der Waals surface area contributed by atoms with Gasteiger partial charge in [0.05, 0.1) is 6.61 Å². The fourth-order valence-corrected chi connectivity index (χ4v) is 0.890. The van der Waals surface area contributed by atoms with Crippen LogP contribution in [-0.2, 0) is 11.2 Å². The lowest BCUT2D eigenvalue weighted by Crippen LogP contribution is -2.18. The average molecular weight is 240 g/mol. The first-order valence-electron chi connectivity index (χ1n) is 4.53. The van der Waals surface area contributed by atoms with Gasteiger partial charge in [-0.2, -0.15) is 18.2 Å². The van der Waals surface area contributed by atoms with E-state index in [0.29, 0.717) is 0 Å². The molecule has 0 aromatic carbocycles. The van der Waals surface area contributed by atoms with E-state index in [1.54, 1.807) is 0 Å². The normalized spacial score (nSPS) is 14.1. The van der Waals surface area contributed by atoms with Gasteiger partial charge < -0.3 is 14.4 Å². The lowest BCUT2D eigenvalue weighted by atomic mass is 10.4. The smallest absolute Gasteiger partial charge is 0.384 e. The molecule has 92 valence electrons. The Morgan fingerprint density at radius 2 is 2.19 bits per heavy atom. The van der Waals surface area contributed by atoms with Crippen LogP contribution < -0.4 is 0 Å². The van der Waals surface area contributed by atoms with Crippen molar-refractivity contribution in [3.05, 3.63) is 11.7 Å². The Morgan fingerprint density at radius 1 is 1.50 bits per heavy atom. The maximum absolute atomic E-state index is 11.7. The molecule has 0 bridgehead atoms. The maximum Gasteiger partial charge on any atom is 0.411 e. The van der Waals surface area contributed by atoms with E-state index >= 15 is 0 Å². The van der Waals surface area contributed by atoms with Gasteiger partial charge in [-0.05, 0) is 6.92 Å². The fourth-order valence-electron chi connectivity index (χ4n) is 0.890. The molecule has 0 fully saturated rings. The van der Waals surface area contributed by atoms with E-state index in [0.717, 1.165) is 0 Å². The van der Waals surface area contributed by atoms with Gasteiger partial charge in [0.1, 0.15) is 12.7 Å². The Labute approximate surface area is 89.2 Å². The van der Waals surface area contributed by atoms with E-state index in [9.17, 15) is 13.2 Å². The number of ether oxygens (including phenoxy) is 1. The Hall–Kier alpha value is -1.15. The van der Waals surface area contributed by atoms with E-state index in [4.69, 9.17) is 5.11 Å². The van der Waals surface area contributed by atoms with Gasteiger partial charge in [-0.3, -0.25) is 0 Å². The topological polar surface area (TPSA) is 68.4 Å². The summed E-state index contributed by atoms with van der Waals surface area (Å²) in [5, 5.41) is 12.5. The van der Waals surface area contributed by atoms with Crippen molar-refractivity contribution < 1.29 is 27.5 Å². The van der Waals surface area contributed by atoms with Crippen LogP contribution in [0.4, 0.5) is 13.2 Å². The molecule has 0 saturated heterocycles. The minimum atomic E-state index is -4.33. The van der Waals surface area contributed by atoms with Crippen LogP contribution in [0, 0.1) is 0 Å². The molecule has 16 heavy (non-hydrogen) atoms. The van der Waals surface area contributed by atoms with Gasteiger partial charge in [-0.1, -0.05) is 5.16 Å². The third-order valence-corrected chi connectivity index (χ3v) is 1.58. The lowest BCUT2D eigenvalue weighted by molar-refractivity contribution is -0.173. The van der Waals surface area contributed by atoms with Crippen LogP contribution in [0.1, 0.15) is 24.7 Å². The molecule has 0 aliphatic heterocycles. The molecule has 0 radical (unpaired) electrons. The average Bonchev–Trinajstić information content (AvgIpc) is 2.59. The van der Waals surface area contributed by atoms with Crippen molar-refractivity contribution >= 4 is 0 Å². The van der Waals surface area contributed by atoms with Crippen LogP contribution in [-0.4, -0.2) is 34.6 Å². The zero-order valence-electron chi connectivity index (χ0n) is 8.49. The van der Waals surface area contributed by atoms with Gasteiger partial charge in [0, 0.05) is 6.42 Å². The van der Waals surface area contributed by atoms with Crippen LogP contribution >= 0.6 is 0 Å². The molecule has 1 atom stereocenters. The fraction of sp³-hybridized carbons (Fsp3) is 0.750. The summed E-state index contributed by atoms with van der Waals surface area (Å²) in [4.78, 5) is 3.75. The molecule has 1 aromatic heterocycles. The minimum absolute atomic E-state index is 0.0332. The third-order valence-electron chi connectivity index (χ3n) is 1.58. The van der Waals surface area contributed by atoms with Gasteiger partial charge >= 0.3 is 6.18 Å². The first-order chi connectivity index (χ1) is 7.38. The van der Waals surface area contributed by atoms with Crippen LogP contribution in [0.3, 0.4) is 0 Å². The summed E-state index contributed by atoms with van der Waals surface area (Å²) in [6.07, 6.45) is -5.12. The number of hydrogen-bond donors (Lipinski definition) is 1. The van der Waals surface area contributed by atoms with Gasteiger partial charge in [-0.25, -0.2) is 0 Å². The second-order valence-corrected chi connectivity index (χ2v) is 3.14. The molecule has 0 aliphatic carbocycles. The molecule has 1 unspecified atom stereocenters. The van der Waals surface area contributed by atoms with Crippen molar-refractivity contribution in [1.82, 2.24) is 10.1 Å². The Bertz CT molecular complexity index is 325. The number of aromatic nitrogens is 2. The molecular weight excluding hydrogens is 229 g/mol. The predicted molar refractivity (Wildman–Crippen MR) is 45.5 cm³/mol. The molecule has 1 aromatic rings. The van der Waals surface area contributed by atoms with Crippen molar-refractivity contribution in [3.63, 3.8) is 0 Å². The van der Waals surface area contributed by atoms with E-state index in [1.165, 1.54) is 6.92 Å². The van der Waals surface area contributed by atoms with Crippen molar-refractivity contribution in [2.24, 2.45) is 0 Å². The van der Waals surface area contributed by atoms with E-state index in [2.05, 4.69) is 19.4 Å². The van der Waals surface area contributed by atoms with E-state index in [1.807, 2.05) is 0 Å². The summed E-state index contributed by atoms with van der Waals surface area (Å²) in [5.74, 6) is 0.240. The zero-order valence-corrected chi connectivity index (χ0v) is 8.49. The summed E-state index contributed by atoms with van der Waals surface area (Å²) < 4.78 is 44.0. The first-order valence-corrected chi connectivity index (χ1v) is 4.53.